The van der Waals surface area contributed by atoms with Gasteiger partial charge in [-0.2, -0.15) is 28.2 Å². The number of nitrogens with zero attached hydrogens (tertiary/aromatic N) is 3. The van der Waals surface area contributed by atoms with E-state index in [1.807, 2.05) is 20.8 Å². The molecule has 4 nitrogen and oxygen atoms in total. The van der Waals surface area contributed by atoms with Crippen molar-refractivity contribution in [2.45, 2.75) is 33.9 Å². The summed E-state index contributed by atoms with van der Waals surface area (Å²) in [4.78, 5) is 12.6. The summed E-state index contributed by atoms with van der Waals surface area (Å²) in [5.41, 5.74) is -1.43. The number of nitriles is 1. The van der Waals surface area contributed by atoms with Gasteiger partial charge in [0.2, 0.25) is 0 Å². The minimum absolute atomic E-state index is 0.0127. The Kier molecular flexibility index (Phi) is 5.36. The second kappa shape index (κ2) is 7.16. The van der Waals surface area contributed by atoms with Gasteiger partial charge >= 0.3 is 6.18 Å². The van der Waals surface area contributed by atoms with Gasteiger partial charge in [-0.05, 0) is 25.8 Å². The molecule has 0 unspecified atom stereocenters. The summed E-state index contributed by atoms with van der Waals surface area (Å²) in [5, 5.41) is 13.3. The normalized spacial score (nSPS) is 12.3. The van der Waals surface area contributed by atoms with Crippen LogP contribution in [0.4, 0.5) is 13.2 Å². The third-order valence-electron chi connectivity index (χ3n) is 4.04. The summed E-state index contributed by atoms with van der Waals surface area (Å²) < 4.78 is 41.0. The fraction of sp³-hybridized carbons (Fsp3) is 0.316. The van der Waals surface area contributed by atoms with Gasteiger partial charge in [-0.1, -0.05) is 43.7 Å². The third-order valence-corrected chi connectivity index (χ3v) is 4.04. The molecular weight excluding hydrogens is 343 g/mol. The zero-order valence-corrected chi connectivity index (χ0v) is 14.8. The number of hydrogen-bond donors (Lipinski definition) is 0. The van der Waals surface area contributed by atoms with E-state index in [1.54, 1.807) is 31.2 Å². The molecule has 7 heteroatoms. The van der Waals surface area contributed by atoms with Crippen LogP contribution in [0.2, 0.25) is 0 Å². The first-order chi connectivity index (χ1) is 12.1. The molecule has 1 heterocycles. The number of rotatable bonds is 3. The monoisotopic (exact) mass is 361 g/mol. The fourth-order valence-corrected chi connectivity index (χ4v) is 2.23. The smallest absolute Gasteiger partial charge is 0.266 e. The number of aryl methyl sites for hydroxylation is 1. The molecule has 0 aliphatic carbocycles. The maximum absolute atomic E-state index is 13.4. The molecule has 1 aromatic carbocycles. The van der Waals surface area contributed by atoms with Gasteiger partial charge in [-0.15, -0.1) is 0 Å². The van der Waals surface area contributed by atoms with Crippen molar-refractivity contribution in [2.24, 2.45) is 11.0 Å². The average Bonchev–Trinajstić information content (AvgIpc) is 2.56. The topological polar surface area (TPSA) is 58.1 Å². The van der Waals surface area contributed by atoms with Gasteiger partial charge in [0.1, 0.15) is 11.6 Å². The largest absolute Gasteiger partial charge is 0.417 e. The van der Waals surface area contributed by atoms with E-state index in [1.165, 1.54) is 6.07 Å². The van der Waals surface area contributed by atoms with Gasteiger partial charge in [-0.25, -0.2) is 0 Å². The summed E-state index contributed by atoms with van der Waals surface area (Å²) in [6.45, 7) is 7.23. The van der Waals surface area contributed by atoms with Gasteiger partial charge in [0, 0.05) is 11.3 Å². The van der Waals surface area contributed by atoms with Gasteiger partial charge in [0.05, 0.1) is 11.3 Å². The molecule has 0 bridgehead atoms. The highest BCUT2D eigenvalue weighted by Gasteiger charge is 2.36. The minimum atomic E-state index is -4.82. The molecular formula is C19H18F3N3O. The van der Waals surface area contributed by atoms with Crippen molar-refractivity contribution >= 4 is 5.71 Å². The highest BCUT2D eigenvalue weighted by atomic mass is 19.4. The lowest BCUT2D eigenvalue weighted by molar-refractivity contribution is -0.137. The molecule has 0 radical (unpaired) electrons. The van der Waals surface area contributed by atoms with Crippen LogP contribution in [-0.4, -0.2) is 10.4 Å². The van der Waals surface area contributed by atoms with Gasteiger partial charge < -0.3 is 0 Å². The third kappa shape index (κ3) is 3.85. The lowest BCUT2D eigenvalue weighted by Crippen LogP contribution is -2.27. The Balaban J connectivity index is 2.93. The van der Waals surface area contributed by atoms with Crippen LogP contribution in [0.5, 0.6) is 0 Å². The molecule has 26 heavy (non-hydrogen) atoms. The van der Waals surface area contributed by atoms with E-state index in [0.717, 1.165) is 16.3 Å². The zero-order valence-electron chi connectivity index (χ0n) is 14.8. The van der Waals surface area contributed by atoms with Crippen molar-refractivity contribution in [1.82, 2.24) is 4.68 Å². The molecule has 0 aliphatic heterocycles. The minimum Gasteiger partial charge on any atom is -0.266 e. The van der Waals surface area contributed by atoms with Crippen molar-refractivity contribution in [3.05, 3.63) is 57.4 Å². The Morgan fingerprint density at radius 2 is 1.81 bits per heavy atom. The molecule has 136 valence electrons. The van der Waals surface area contributed by atoms with E-state index < -0.39 is 22.9 Å². The summed E-state index contributed by atoms with van der Waals surface area (Å²) in [7, 11) is 0. The Labute approximate surface area is 149 Å². The average molecular weight is 361 g/mol. The SMILES string of the molecule is CC(=Nn1c(-c2ccc(C)cc2)cc(C(F)(F)F)c(C#N)c1=O)C(C)C. The van der Waals surface area contributed by atoms with Crippen molar-refractivity contribution in [3.63, 3.8) is 0 Å². The van der Waals surface area contributed by atoms with Crippen molar-refractivity contribution < 1.29 is 13.2 Å². The fourth-order valence-electron chi connectivity index (χ4n) is 2.23. The number of hydrogen-bond acceptors (Lipinski definition) is 3. The molecule has 0 amide bonds. The molecule has 0 aliphatic rings. The molecule has 1 aromatic heterocycles. The van der Waals surface area contributed by atoms with E-state index in [4.69, 9.17) is 5.26 Å². The highest BCUT2D eigenvalue weighted by Crippen LogP contribution is 2.33. The predicted octanol–water partition coefficient (Wildman–Crippen LogP) is 4.59. The first-order valence-electron chi connectivity index (χ1n) is 7.96. The molecule has 0 saturated carbocycles. The van der Waals surface area contributed by atoms with Crippen LogP contribution in [0.15, 0.2) is 40.2 Å². The second-order valence-electron chi connectivity index (χ2n) is 6.31. The molecule has 0 N–H and O–H groups in total. The second-order valence-corrected chi connectivity index (χ2v) is 6.31. The van der Waals surface area contributed by atoms with Gasteiger partial charge in [0.25, 0.3) is 5.56 Å². The van der Waals surface area contributed by atoms with Crippen LogP contribution in [0, 0.1) is 24.2 Å². The van der Waals surface area contributed by atoms with Crippen LogP contribution < -0.4 is 5.56 Å². The van der Waals surface area contributed by atoms with Crippen LogP contribution in [0.3, 0.4) is 0 Å². The zero-order chi connectivity index (χ0) is 19.6. The Hall–Kier alpha value is -2.88. The number of aromatic nitrogens is 1. The maximum atomic E-state index is 13.4. The Morgan fingerprint density at radius 3 is 2.27 bits per heavy atom. The van der Waals surface area contributed by atoms with Crippen molar-refractivity contribution in [1.29, 1.82) is 5.26 Å². The molecule has 0 spiro atoms. The molecule has 0 fully saturated rings. The predicted molar refractivity (Wildman–Crippen MR) is 93.9 cm³/mol. The molecule has 2 aromatic rings. The summed E-state index contributed by atoms with van der Waals surface area (Å²) in [6, 6.07) is 8.88. The molecule has 2 rings (SSSR count). The standard InChI is InChI=1S/C19H18F3N3O/c1-11(2)13(4)24-25-17(14-7-5-12(3)6-8-14)9-16(19(20,21)22)15(10-23)18(25)26/h5-9,11H,1-4H3. The van der Waals surface area contributed by atoms with Crippen LogP contribution in [0.25, 0.3) is 11.3 Å². The highest BCUT2D eigenvalue weighted by molar-refractivity contribution is 5.83. The lowest BCUT2D eigenvalue weighted by atomic mass is 10.0. The Morgan fingerprint density at radius 1 is 1.23 bits per heavy atom. The maximum Gasteiger partial charge on any atom is 0.417 e. The molecule has 0 atom stereocenters. The number of halogens is 3. The van der Waals surface area contributed by atoms with E-state index >= 15 is 0 Å². The quantitative estimate of drug-likeness (QED) is 0.751. The van der Waals surface area contributed by atoms with Crippen molar-refractivity contribution in [3.8, 4) is 17.3 Å². The van der Waals surface area contributed by atoms with Crippen molar-refractivity contribution in [2.75, 3.05) is 0 Å². The van der Waals surface area contributed by atoms with Gasteiger partial charge in [0.15, 0.2) is 0 Å². The van der Waals surface area contributed by atoms with Crippen LogP contribution in [0.1, 0.15) is 37.5 Å². The summed E-state index contributed by atoms with van der Waals surface area (Å²) in [5.74, 6) is -0.0133. The Bertz CT molecular complexity index is 946. The van der Waals surface area contributed by atoms with Crippen LogP contribution in [-0.2, 0) is 6.18 Å². The van der Waals surface area contributed by atoms with E-state index in [9.17, 15) is 18.0 Å². The summed E-state index contributed by atoms with van der Waals surface area (Å²) >= 11 is 0. The van der Waals surface area contributed by atoms with E-state index in [0.29, 0.717) is 11.3 Å². The molecule has 0 saturated heterocycles. The van der Waals surface area contributed by atoms with E-state index in [2.05, 4.69) is 5.10 Å². The van der Waals surface area contributed by atoms with Crippen LogP contribution >= 0.6 is 0 Å². The number of benzene rings is 1. The summed E-state index contributed by atoms with van der Waals surface area (Å²) in [6.07, 6.45) is -4.82. The number of alkyl halides is 3. The lowest BCUT2D eigenvalue weighted by Gasteiger charge is -2.16. The first kappa shape index (κ1) is 19.4. The first-order valence-corrected chi connectivity index (χ1v) is 7.96. The van der Waals surface area contributed by atoms with Gasteiger partial charge in [-0.3, -0.25) is 4.79 Å². The van der Waals surface area contributed by atoms with E-state index in [-0.39, 0.29) is 11.6 Å². The number of pyridine rings is 1.